The zero-order valence-electron chi connectivity index (χ0n) is 25.9. The number of methoxy groups -OCH3 is 1. The Kier molecular flexibility index (Phi) is 9.90. The number of fused-ring (bicyclic) bond motifs is 1. The van der Waals surface area contributed by atoms with Crippen molar-refractivity contribution < 1.29 is 19.1 Å². The van der Waals surface area contributed by atoms with Gasteiger partial charge >= 0.3 is 6.03 Å². The quantitative estimate of drug-likeness (QED) is 0.232. The third-order valence-electron chi connectivity index (χ3n) is 9.41. The minimum Gasteiger partial charge on any atom is -0.497 e. The highest BCUT2D eigenvalue weighted by molar-refractivity contribution is 5.96. The lowest BCUT2D eigenvalue weighted by molar-refractivity contribution is -0.137. The third-order valence-corrected chi connectivity index (χ3v) is 9.41. The average Bonchev–Trinajstić information content (AvgIpc) is 3.20. The van der Waals surface area contributed by atoms with Gasteiger partial charge < -0.3 is 19.3 Å². The molecule has 3 aromatic carbocycles. The lowest BCUT2D eigenvalue weighted by atomic mass is 9.77. The second kappa shape index (κ2) is 14.0. The van der Waals surface area contributed by atoms with Crippen LogP contribution in [0.1, 0.15) is 51.5 Å². The zero-order valence-corrected chi connectivity index (χ0v) is 25.9. The molecule has 1 saturated carbocycles. The molecule has 0 aromatic heterocycles. The SMILES string of the molecule is CCN(CC)C(=O)[C@H]1C[C@@H]2[C@H](C[C@@H](c3ccccc3)[C@H]1C)N(c1ccc(OC)cc1)C(=O)N2CCCOc1ccccc1. The van der Waals surface area contributed by atoms with Crippen LogP contribution in [-0.2, 0) is 4.79 Å². The van der Waals surface area contributed by atoms with Crippen LogP contribution in [0, 0.1) is 11.8 Å². The predicted octanol–water partition coefficient (Wildman–Crippen LogP) is 6.84. The van der Waals surface area contributed by atoms with Gasteiger partial charge in [0.25, 0.3) is 0 Å². The number of nitrogens with zero attached hydrogens (tertiary/aromatic N) is 3. The maximum Gasteiger partial charge on any atom is 0.325 e. The number of urea groups is 1. The molecule has 1 heterocycles. The number of ether oxygens (including phenoxy) is 2. The van der Waals surface area contributed by atoms with Gasteiger partial charge in [-0.25, -0.2) is 4.79 Å². The van der Waals surface area contributed by atoms with E-state index in [9.17, 15) is 9.59 Å². The van der Waals surface area contributed by atoms with Crippen molar-refractivity contribution >= 4 is 17.6 Å². The molecule has 43 heavy (non-hydrogen) atoms. The van der Waals surface area contributed by atoms with E-state index in [1.54, 1.807) is 7.11 Å². The fraction of sp³-hybridized carbons (Fsp3) is 0.444. The van der Waals surface area contributed by atoms with Gasteiger partial charge in [0.1, 0.15) is 11.5 Å². The normalized spacial score (nSPS) is 23.4. The first kappa shape index (κ1) is 30.5. The highest BCUT2D eigenvalue weighted by Gasteiger charge is 2.52. The van der Waals surface area contributed by atoms with E-state index in [1.807, 2.05) is 89.2 Å². The van der Waals surface area contributed by atoms with Crippen molar-refractivity contribution in [3.05, 3.63) is 90.5 Å². The number of hydrogen-bond acceptors (Lipinski definition) is 4. The maximum atomic E-state index is 14.3. The summed E-state index contributed by atoms with van der Waals surface area (Å²) in [5, 5.41) is 0. The number of rotatable bonds is 11. The summed E-state index contributed by atoms with van der Waals surface area (Å²) in [6, 6.07) is 27.9. The van der Waals surface area contributed by atoms with E-state index < -0.39 is 0 Å². The van der Waals surface area contributed by atoms with E-state index in [0.29, 0.717) is 39.1 Å². The summed E-state index contributed by atoms with van der Waals surface area (Å²) < 4.78 is 11.4. The van der Waals surface area contributed by atoms with E-state index in [0.717, 1.165) is 23.6 Å². The highest BCUT2D eigenvalue weighted by Crippen LogP contribution is 2.47. The molecule has 7 nitrogen and oxygen atoms in total. The van der Waals surface area contributed by atoms with Gasteiger partial charge in [0.05, 0.1) is 25.8 Å². The Labute approximate surface area is 256 Å². The molecule has 3 aromatic rings. The molecule has 7 heteroatoms. The minimum absolute atomic E-state index is 0.00437. The molecular formula is C36H45N3O4. The number of carbonyl (C=O) groups is 2. The topological polar surface area (TPSA) is 62.3 Å². The van der Waals surface area contributed by atoms with E-state index in [-0.39, 0.29) is 41.8 Å². The number of carbonyl (C=O) groups excluding carboxylic acids is 2. The van der Waals surface area contributed by atoms with Gasteiger partial charge in [-0.2, -0.15) is 0 Å². The number of hydrogen-bond donors (Lipinski definition) is 0. The molecule has 5 rings (SSSR count). The molecule has 3 amide bonds. The Morgan fingerprint density at radius 2 is 1.51 bits per heavy atom. The lowest BCUT2D eigenvalue weighted by Crippen LogP contribution is -2.43. The van der Waals surface area contributed by atoms with Crippen molar-refractivity contribution in [3.63, 3.8) is 0 Å². The molecule has 0 unspecified atom stereocenters. The van der Waals surface area contributed by atoms with Crippen molar-refractivity contribution in [3.8, 4) is 11.5 Å². The summed E-state index contributed by atoms with van der Waals surface area (Å²) in [5.41, 5.74) is 2.08. The van der Waals surface area contributed by atoms with Gasteiger partial charge in [-0.1, -0.05) is 55.5 Å². The van der Waals surface area contributed by atoms with Crippen molar-refractivity contribution in [2.75, 3.05) is 38.3 Å². The summed E-state index contributed by atoms with van der Waals surface area (Å²) in [6.07, 6.45) is 2.13. The Bertz CT molecular complexity index is 1330. The second-order valence-corrected chi connectivity index (χ2v) is 11.7. The summed E-state index contributed by atoms with van der Waals surface area (Å²) in [6.45, 7) is 8.77. The molecule has 5 atom stereocenters. The van der Waals surface area contributed by atoms with E-state index in [2.05, 4.69) is 31.2 Å². The monoisotopic (exact) mass is 583 g/mol. The van der Waals surface area contributed by atoms with E-state index in [1.165, 1.54) is 5.56 Å². The molecule has 1 aliphatic carbocycles. The van der Waals surface area contributed by atoms with Crippen LogP contribution in [0.15, 0.2) is 84.9 Å². The van der Waals surface area contributed by atoms with Gasteiger partial charge in [-0.05, 0) is 86.9 Å². The lowest BCUT2D eigenvalue weighted by Gasteiger charge is -2.33. The van der Waals surface area contributed by atoms with Gasteiger partial charge in [-0.15, -0.1) is 0 Å². The van der Waals surface area contributed by atoms with Crippen LogP contribution in [0.4, 0.5) is 10.5 Å². The molecule has 0 N–H and O–H groups in total. The molecule has 2 aliphatic rings. The van der Waals surface area contributed by atoms with Crippen molar-refractivity contribution in [2.45, 2.75) is 58.0 Å². The van der Waals surface area contributed by atoms with E-state index >= 15 is 0 Å². The summed E-state index contributed by atoms with van der Waals surface area (Å²) in [7, 11) is 1.65. The zero-order chi connectivity index (χ0) is 30.3. The van der Waals surface area contributed by atoms with Gasteiger partial charge in [-0.3, -0.25) is 9.69 Å². The molecule has 0 radical (unpaired) electrons. The summed E-state index contributed by atoms with van der Waals surface area (Å²) in [4.78, 5) is 34.4. The molecule has 1 aliphatic heterocycles. The maximum absolute atomic E-state index is 14.3. The van der Waals surface area contributed by atoms with Crippen LogP contribution >= 0.6 is 0 Å². The van der Waals surface area contributed by atoms with Gasteiger partial charge in [0.15, 0.2) is 0 Å². The number of anilines is 1. The highest BCUT2D eigenvalue weighted by atomic mass is 16.5. The Morgan fingerprint density at radius 3 is 2.14 bits per heavy atom. The van der Waals surface area contributed by atoms with E-state index in [4.69, 9.17) is 9.47 Å². The van der Waals surface area contributed by atoms with Gasteiger partial charge in [0, 0.05) is 31.2 Å². The number of para-hydroxylation sites is 1. The summed E-state index contributed by atoms with van der Waals surface area (Å²) in [5.74, 6) is 1.84. The van der Waals surface area contributed by atoms with Crippen LogP contribution < -0.4 is 14.4 Å². The minimum atomic E-state index is -0.188. The second-order valence-electron chi connectivity index (χ2n) is 11.7. The van der Waals surface area contributed by atoms with Crippen LogP contribution in [0.2, 0.25) is 0 Å². The van der Waals surface area contributed by atoms with Crippen molar-refractivity contribution in [1.29, 1.82) is 0 Å². The Morgan fingerprint density at radius 1 is 0.860 bits per heavy atom. The van der Waals surface area contributed by atoms with Crippen molar-refractivity contribution in [1.82, 2.24) is 9.80 Å². The average molecular weight is 584 g/mol. The fourth-order valence-corrected chi connectivity index (χ4v) is 7.06. The molecule has 2 fully saturated rings. The standard InChI is InChI=1S/C36H45N3O4/c1-5-37(6-2)35(40)32-25-33-34(24-31(26(32)3)27-14-9-7-10-15-27)39(28-18-20-29(42-4)21-19-28)36(41)38(33)22-13-23-43-30-16-11-8-12-17-30/h7-12,14-21,26,31-34H,5-6,13,22-25H2,1-4H3/t26-,31-,32+,33-,34+/m1/s1. The number of amides is 3. The third kappa shape index (κ3) is 6.51. The molecule has 1 saturated heterocycles. The molecular weight excluding hydrogens is 538 g/mol. The molecule has 0 bridgehead atoms. The molecule has 0 spiro atoms. The van der Waals surface area contributed by atoms with Crippen LogP contribution in [0.25, 0.3) is 0 Å². The summed E-state index contributed by atoms with van der Waals surface area (Å²) >= 11 is 0. The fourth-order valence-electron chi connectivity index (χ4n) is 7.06. The molecule has 228 valence electrons. The van der Waals surface area contributed by atoms with Crippen LogP contribution in [-0.4, -0.2) is 67.2 Å². The van der Waals surface area contributed by atoms with Crippen LogP contribution in [0.5, 0.6) is 11.5 Å². The van der Waals surface area contributed by atoms with Crippen LogP contribution in [0.3, 0.4) is 0 Å². The first-order valence-corrected chi connectivity index (χ1v) is 15.7. The first-order chi connectivity index (χ1) is 21.0. The van der Waals surface area contributed by atoms with Gasteiger partial charge in [0.2, 0.25) is 5.91 Å². The Balaban J connectivity index is 1.50. The van der Waals surface area contributed by atoms with Crippen molar-refractivity contribution in [2.24, 2.45) is 11.8 Å². The smallest absolute Gasteiger partial charge is 0.325 e. The Hall–Kier alpha value is -4.00. The predicted molar refractivity (Wildman–Crippen MR) is 171 cm³/mol. The first-order valence-electron chi connectivity index (χ1n) is 15.7. The number of benzene rings is 3. The largest absolute Gasteiger partial charge is 0.497 e.